The van der Waals surface area contributed by atoms with E-state index in [2.05, 4.69) is 59.6 Å². The monoisotopic (exact) mass is 235 g/mol. The molecule has 0 amide bonds. The third kappa shape index (κ3) is 2.45. The van der Waals surface area contributed by atoms with E-state index >= 15 is 0 Å². The van der Waals surface area contributed by atoms with Gasteiger partial charge in [-0.25, -0.2) is 0 Å². The van der Waals surface area contributed by atoms with Gasteiger partial charge in [0.2, 0.25) is 0 Å². The SMILES string of the molecule is c1ccc(CCCc2ccc3[nH]ccc3c2)cc1. The number of hydrogen-bond donors (Lipinski definition) is 1. The van der Waals surface area contributed by atoms with Gasteiger partial charge >= 0.3 is 0 Å². The molecule has 0 aliphatic heterocycles. The van der Waals surface area contributed by atoms with Gasteiger partial charge < -0.3 is 4.98 Å². The van der Waals surface area contributed by atoms with Crippen molar-refractivity contribution >= 4 is 10.9 Å². The number of aryl methyl sites for hydroxylation is 2. The molecule has 90 valence electrons. The van der Waals surface area contributed by atoms with Crippen LogP contribution in [0.4, 0.5) is 0 Å². The van der Waals surface area contributed by atoms with E-state index in [4.69, 9.17) is 0 Å². The highest BCUT2D eigenvalue weighted by Gasteiger charge is 1.98. The first-order chi connectivity index (χ1) is 8.92. The molecule has 0 saturated heterocycles. The topological polar surface area (TPSA) is 15.8 Å². The lowest BCUT2D eigenvalue weighted by molar-refractivity contribution is 0.821. The van der Waals surface area contributed by atoms with Crippen molar-refractivity contribution < 1.29 is 0 Å². The van der Waals surface area contributed by atoms with Gasteiger partial charge in [0.05, 0.1) is 0 Å². The van der Waals surface area contributed by atoms with Gasteiger partial charge in [-0.1, -0.05) is 36.4 Å². The molecule has 0 atom stereocenters. The van der Waals surface area contributed by atoms with Gasteiger partial charge in [-0.2, -0.15) is 0 Å². The largest absolute Gasteiger partial charge is 0.361 e. The second-order valence-electron chi connectivity index (χ2n) is 4.74. The minimum atomic E-state index is 1.15. The smallest absolute Gasteiger partial charge is 0.0454 e. The molecule has 3 aromatic rings. The van der Waals surface area contributed by atoms with Crippen LogP contribution < -0.4 is 0 Å². The Labute approximate surface area is 107 Å². The van der Waals surface area contributed by atoms with Crippen molar-refractivity contribution in [2.75, 3.05) is 0 Å². The fraction of sp³-hybridized carbons (Fsp3) is 0.176. The molecule has 1 heteroatoms. The molecule has 1 aromatic heterocycles. The molecule has 0 bridgehead atoms. The highest BCUT2D eigenvalue weighted by molar-refractivity contribution is 5.79. The first kappa shape index (κ1) is 11.1. The quantitative estimate of drug-likeness (QED) is 0.692. The summed E-state index contributed by atoms with van der Waals surface area (Å²) in [6, 6.07) is 19.5. The molecule has 2 aromatic carbocycles. The summed E-state index contributed by atoms with van der Waals surface area (Å²) >= 11 is 0. The van der Waals surface area contributed by atoms with Crippen LogP contribution in [-0.2, 0) is 12.8 Å². The molecular weight excluding hydrogens is 218 g/mol. The molecule has 1 N–H and O–H groups in total. The Morgan fingerprint density at radius 3 is 2.50 bits per heavy atom. The summed E-state index contributed by atoms with van der Waals surface area (Å²) in [7, 11) is 0. The number of nitrogens with one attached hydrogen (secondary N) is 1. The fourth-order valence-corrected chi connectivity index (χ4v) is 2.40. The highest BCUT2D eigenvalue weighted by atomic mass is 14.7. The minimum Gasteiger partial charge on any atom is -0.361 e. The van der Waals surface area contributed by atoms with Crippen LogP contribution in [-0.4, -0.2) is 4.98 Å². The molecule has 18 heavy (non-hydrogen) atoms. The van der Waals surface area contributed by atoms with Crippen LogP contribution in [0.15, 0.2) is 60.8 Å². The van der Waals surface area contributed by atoms with E-state index in [0.29, 0.717) is 0 Å². The Bertz CT molecular complexity index is 622. The van der Waals surface area contributed by atoms with Gasteiger partial charge in [0.15, 0.2) is 0 Å². The maximum Gasteiger partial charge on any atom is 0.0454 e. The maximum absolute atomic E-state index is 3.23. The number of H-pyrrole nitrogens is 1. The molecule has 0 unspecified atom stereocenters. The van der Waals surface area contributed by atoms with Crippen LogP contribution >= 0.6 is 0 Å². The molecule has 0 radical (unpaired) electrons. The molecule has 0 aliphatic carbocycles. The summed E-state index contributed by atoms with van der Waals surface area (Å²) < 4.78 is 0. The molecule has 1 heterocycles. The van der Waals surface area contributed by atoms with Crippen molar-refractivity contribution in [2.45, 2.75) is 19.3 Å². The molecule has 0 spiro atoms. The van der Waals surface area contributed by atoms with Crippen molar-refractivity contribution in [3.63, 3.8) is 0 Å². The van der Waals surface area contributed by atoms with Gasteiger partial charge in [0.1, 0.15) is 0 Å². The van der Waals surface area contributed by atoms with Crippen molar-refractivity contribution in [1.29, 1.82) is 0 Å². The summed E-state index contributed by atoms with van der Waals surface area (Å²) in [5, 5.41) is 1.31. The van der Waals surface area contributed by atoms with Gasteiger partial charge in [-0.3, -0.25) is 0 Å². The normalized spacial score (nSPS) is 10.9. The third-order valence-electron chi connectivity index (χ3n) is 3.39. The van der Waals surface area contributed by atoms with E-state index in [1.807, 2.05) is 6.20 Å². The summed E-state index contributed by atoms with van der Waals surface area (Å²) in [6.07, 6.45) is 5.51. The predicted octanol–water partition coefficient (Wildman–Crippen LogP) is 4.34. The van der Waals surface area contributed by atoms with Crippen LogP contribution in [0.3, 0.4) is 0 Å². The number of aromatic amines is 1. The average molecular weight is 235 g/mol. The van der Waals surface area contributed by atoms with E-state index in [1.54, 1.807) is 0 Å². The summed E-state index contributed by atoms with van der Waals surface area (Å²) in [5.41, 5.74) is 4.08. The number of rotatable bonds is 4. The number of benzene rings is 2. The average Bonchev–Trinajstić information content (AvgIpc) is 2.87. The Kier molecular flexibility index (Phi) is 3.14. The Morgan fingerprint density at radius 1 is 0.778 bits per heavy atom. The molecule has 0 fully saturated rings. The van der Waals surface area contributed by atoms with E-state index < -0.39 is 0 Å². The molecule has 0 saturated carbocycles. The molecule has 0 aliphatic rings. The van der Waals surface area contributed by atoms with Gasteiger partial charge in [0.25, 0.3) is 0 Å². The second kappa shape index (κ2) is 5.09. The van der Waals surface area contributed by atoms with Gasteiger partial charge in [-0.05, 0) is 54.0 Å². The summed E-state index contributed by atoms with van der Waals surface area (Å²) in [6.45, 7) is 0. The number of hydrogen-bond acceptors (Lipinski definition) is 0. The van der Waals surface area contributed by atoms with Crippen molar-refractivity contribution in [3.8, 4) is 0 Å². The number of aromatic nitrogens is 1. The van der Waals surface area contributed by atoms with E-state index in [0.717, 1.165) is 12.8 Å². The summed E-state index contributed by atoms with van der Waals surface area (Å²) in [4.78, 5) is 3.23. The highest BCUT2D eigenvalue weighted by Crippen LogP contribution is 2.16. The number of fused-ring (bicyclic) bond motifs is 1. The van der Waals surface area contributed by atoms with Crippen LogP contribution in [0.1, 0.15) is 17.5 Å². The summed E-state index contributed by atoms with van der Waals surface area (Å²) in [5.74, 6) is 0. The van der Waals surface area contributed by atoms with Crippen molar-refractivity contribution in [2.24, 2.45) is 0 Å². The van der Waals surface area contributed by atoms with Crippen LogP contribution in [0.2, 0.25) is 0 Å². The van der Waals surface area contributed by atoms with Crippen molar-refractivity contribution in [1.82, 2.24) is 4.98 Å². The molecule has 3 rings (SSSR count). The first-order valence-electron chi connectivity index (χ1n) is 6.52. The van der Waals surface area contributed by atoms with E-state index in [9.17, 15) is 0 Å². The lowest BCUT2D eigenvalue weighted by Gasteiger charge is -2.02. The van der Waals surface area contributed by atoms with Crippen LogP contribution in [0.5, 0.6) is 0 Å². The van der Waals surface area contributed by atoms with Crippen LogP contribution in [0.25, 0.3) is 10.9 Å². The third-order valence-corrected chi connectivity index (χ3v) is 3.39. The van der Waals surface area contributed by atoms with Gasteiger partial charge in [0, 0.05) is 11.7 Å². The first-order valence-corrected chi connectivity index (χ1v) is 6.52. The Balaban J connectivity index is 1.62. The van der Waals surface area contributed by atoms with E-state index in [-0.39, 0.29) is 0 Å². The predicted molar refractivity (Wildman–Crippen MR) is 76.8 cm³/mol. The Hall–Kier alpha value is -2.02. The zero-order valence-corrected chi connectivity index (χ0v) is 10.4. The standard InChI is InChI=1S/C17H17N/c1-2-5-14(6-3-1)7-4-8-15-9-10-17-16(13-15)11-12-18-17/h1-3,5-6,9-13,18H,4,7-8H2. The van der Waals surface area contributed by atoms with Crippen LogP contribution in [0, 0.1) is 0 Å². The fourth-order valence-electron chi connectivity index (χ4n) is 2.40. The zero-order chi connectivity index (χ0) is 12.2. The van der Waals surface area contributed by atoms with E-state index in [1.165, 1.54) is 28.5 Å². The van der Waals surface area contributed by atoms with Gasteiger partial charge in [-0.15, -0.1) is 0 Å². The lowest BCUT2D eigenvalue weighted by Crippen LogP contribution is -1.89. The minimum absolute atomic E-state index is 1.15. The maximum atomic E-state index is 3.23. The zero-order valence-electron chi connectivity index (χ0n) is 10.4. The lowest BCUT2D eigenvalue weighted by atomic mass is 10.0. The molecule has 1 nitrogen and oxygen atoms in total. The molecular formula is C17H17N. The second-order valence-corrected chi connectivity index (χ2v) is 4.74. The van der Waals surface area contributed by atoms with Crippen molar-refractivity contribution in [3.05, 3.63) is 71.9 Å². The Morgan fingerprint density at radius 2 is 1.61 bits per heavy atom.